The highest BCUT2D eigenvalue weighted by molar-refractivity contribution is 7.22. The average Bonchev–Trinajstić information content (AvgIpc) is 3.73. The summed E-state index contributed by atoms with van der Waals surface area (Å²) < 4.78 is 6.43. The normalized spacial score (nSPS) is 23.1. The molecule has 1 saturated carbocycles. The van der Waals surface area contributed by atoms with Gasteiger partial charge >= 0.3 is 11.4 Å². The number of phenolic OH excluding ortho intramolecular Hbond substituents is 1. The number of allylic oxidation sites excluding steroid dienone is 3. The van der Waals surface area contributed by atoms with Gasteiger partial charge in [-0.3, -0.25) is 14.3 Å². The Kier molecular flexibility index (Phi) is 6.89. The molecule has 4 atom stereocenters. The fraction of sp³-hybridized carbons (Fsp3) is 0.306. The standard InChI is InChI=1S/C36H33ClN6O5S/c1-6-8-19-9-7-10-22(30(19)44)29-21-13-14-41-34(47)39(4)35(48)43(41)26(21)16-24-32(45)42(33(46)36(24,29)3)28-17-25(38-40(28)5)31-18(2)23-15-20(37)11-12-27(23)49-31/h6-7,9-13,15,17,24,26,29,44H,1,8,14,16H2,2-5H3. The summed E-state index contributed by atoms with van der Waals surface area (Å²) in [5.41, 5.74) is 1.15. The molecule has 2 aliphatic heterocycles. The first-order valence-corrected chi connectivity index (χ1v) is 17.2. The van der Waals surface area contributed by atoms with E-state index in [4.69, 9.17) is 16.7 Å². The predicted octanol–water partition coefficient (Wildman–Crippen LogP) is 5.22. The number of phenols is 1. The lowest BCUT2D eigenvalue weighted by molar-refractivity contribution is -0.129. The van der Waals surface area contributed by atoms with E-state index >= 15 is 0 Å². The van der Waals surface area contributed by atoms with Crippen molar-refractivity contribution in [3.8, 4) is 16.3 Å². The van der Waals surface area contributed by atoms with Crippen LogP contribution in [0.4, 0.5) is 5.82 Å². The van der Waals surface area contributed by atoms with E-state index in [-0.39, 0.29) is 18.7 Å². The summed E-state index contributed by atoms with van der Waals surface area (Å²) in [7, 11) is 3.13. The molecule has 0 spiro atoms. The van der Waals surface area contributed by atoms with Crippen molar-refractivity contribution in [1.29, 1.82) is 0 Å². The van der Waals surface area contributed by atoms with Crippen LogP contribution >= 0.6 is 22.9 Å². The maximum Gasteiger partial charge on any atom is 0.347 e. The molecule has 4 unspecified atom stereocenters. The Labute approximate surface area is 289 Å². The average molecular weight is 697 g/mol. The first kappa shape index (κ1) is 31.3. The third-order valence-corrected chi connectivity index (χ3v) is 12.3. The van der Waals surface area contributed by atoms with Gasteiger partial charge in [0.1, 0.15) is 17.3 Å². The van der Waals surface area contributed by atoms with E-state index in [2.05, 4.69) is 6.58 Å². The molecule has 2 fully saturated rings. The smallest absolute Gasteiger partial charge is 0.347 e. The zero-order valence-corrected chi connectivity index (χ0v) is 28.9. The number of fused-ring (bicyclic) bond motifs is 5. The Morgan fingerprint density at radius 2 is 1.90 bits per heavy atom. The van der Waals surface area contributed by atoms with Crippen molar-refractivity contribution >= 4 is 50.7 Å². The summed E-state index contributed by atoms with van der Waals surface area (Å²) in [6.45, 7) is 7.72. The molecule has 5 aromatic rings. The monoisotopic (exact) mass is 696 g/mol. The SMILES string of the molecule is C=CCc1cccc(C2C3=CCn4c(=O)n(C)c(=O)n4C3CC3C(=O)N(c4cc(-c5sc6ccc(Cl)cc6c5C)nn4C)C(=O)C32C)c1O. The summed E-state index contributed by atoms with van der Waals surface area (Å²) in [5.74, 6) is -2.16. The van der Waals surface area contributed by atoms with Gasteiger partial charge in [0.2, 0.25) is 11.8 Å². The van der Waals surface area contributed by atoms with Crippen LogP contribution in [0.25, 0.3) is 20.7 Å². The molecule has 1 saturated heterocycles. The molecule has 0 radical (unpaired) electrons. The summed E-state index contributed by atoms with van der Waals surface area (Å²) in [5, 5.41) is 18.1. The number of aromatic nitrogens is 5. The van der Waals surface area contributed by atoms with E-state index in [1.165, 1.54) is 21.3 Å². The van der Waals surface area contributed by atoms with Crippen LogP contribution in [0.1, 0.15) is 42.0 Å². The number of carbonyl (C=O) groups is 2. The van der Waals surface area contributed by atoms with Crippen molar-refractivity contribution in [2.75, 3.05) is 4.90 Å². The van der Waals surface area contributed by atoms with Gasteiger partial charge in [0, 0.05) is 41.4 Å². The highest BCUT2D eigenvalue weighted by Gasteiger charge is 2.66. The second kappa shape index (κ2) is 10.8. The van der Waals surface area contributed by atoms with Gasteiger partial charge in [0.15, 0.2) is 0 Å². The van der Waals surface area contributed by atoms with Crippen LogP contribution in [0.5, 0.6) is 5.75 Å². The number of halogens is 1. The third kappa shape index (κ3) is 4.16. The molecule has 3 aliphatic rings. The van der Waals surface area contributed by atoms with Crippen molar-refractivity contribution in [2.45, 2.75) is 45.2 Å². The van der Waals surface area contributed by atoms with Gasteiger partial charge in [-0.15, -0.1) is 17.9 Å². The second-order valence-electron chi connectivity index (χ2n) is 13.3. The highest BCUT2D eigenvalue weighted by atomic mass is 35.5. The molecule has 2 amide bonds. The number of para-hydroxylation sites is 1. The number of nitrogens with zero attached hydrogens (tertiary/aromatic N) is 6. The number of aryl methyl sites for hydroxylation is 2. The van der Waals surface area contributed by atoms with Crippen LogP contribution in [0.3, 0.4) is 0 Å². The molecule has 3 aromatic heterocycles. The van der Waals surface area contributed by atoms with Crippen LogP contribution in [0, 0.1) is 18.3 Å². The minimum absolute atomic E-state index is 0.0131. The summed E-state index contributed by atoms with van der Waals surface area (Å²) in [6, 6.07) is 12.2. The summed E-state index contributed by atoms with van der Waals surface area (Å²) in [6.07, 6.45) is 4.08. The molecule has 0 bridgehead atoms. The molecule has 49 heavy (non-hydrogen) atoms. The number of thiophene rings is 1. The summed E-state index contributed by atoms with van der Waals surface area (Å²) in [4.78, 5) is 58.2. The zero-order chi connectivity index (χ0) is 34.7. The van der Waals surface area contributed by atoms with E-state index in [1.807, 2.05) is 37.3 Å². The van der Waals surface area contributed by atoms with Crippen LogP contribution in [0.2, 0.25) is 5.02 Å². The number of benzene rings is 2. The van der Waals surface area contributed by atoms with Gasteiger partial charge in [-0.1, -0.05) is 42.0 Å². The van der Waals surface area contributed by atoms with E-state index < -0.39 is 46.5 Å². The van der Waals surface area contributed by atoms with E-state index in [9.17, 15) is 24.3 Å². The predicted molar refractivity (Wildman–Crippen MR) is 188 cm³/mol. The lowest BCUT2D eigenvalue weighted by atomic mass is 9.56. The topological polar surface area (TPSA) is 124 Å². The summed E-state index contributed by atoms with van der Waals surface area (Å²) >= 11 is 7.85. The Balaban J connectivity index is 1.30. The Hall–Kier alpha value is -4.94. The van der Waals surface area contributed by atoms with Crippen molar-refractivity contribution < 1.29 is 14.7 Å². The fourth-order valence-corrected chi connectivity index (χ4v) is 9.65. The van der Waals surface area contributed by atoms with Crippen LogP contribution < -0.4 is 16.3 Å². The molecule has 1 N–H and O–H groups in total. The lowest BCUT2D eigenvalue weighted by Crippen LogP contribution is -2.49. The second-order valence-corrected chi connectivity index (χ2v) is 14.8. The number of carbonyl (C=O) groups excluding carboxylic acids is 2. The van der Waals surface area contributed by atoms with Crippen molar-refractivity contribution in [1.82, 2.24) is 23.7 Å². The van der Waals surface area contributed by atoms with Crippen molar-refractivity contribution in [3.05, 3.63) is 109 Å². The van der Waals surface area contributed by atoms with Gasteiger partial charge < -0.3 is 5.11 Å². The Bertz CT molecular complexity index is 2440. The molecule has 2 aromatic carbocycles. The quantitative estimate of drug-likeness (QED) is 0.199. The molecular formula is C36H33ClN6O5S. The number of hydrogen-bond acceptors (Lipinski definition) is 7. The molecule has 1 aliphatic carbocycles. The maximum absolute atomic E-state index is 15.0. The molecule has 250 valence electrons. The highest BCUT2D eigenvalue weighted by Crippen LogP contribution is 2.62. The van der Waals surface area contributed by atoms with E-state index in [1.54, 1.807) is 54.3 Å². The molecule has 11 nitrogen and oxygen atoms in total. The van der Waals surface area contributed by atoms with Crippen molar-refractivity contribution in [2.24, 2.45) is 25.4 Å². The molecular weight excluding hydrogens is 664 g/mol. The van der Waals surface area contributed by atoms with Gasteiger partial charge in [-0.2, -0.15) is 5.10 Å². The van der Waals surface area contributed by atoms with Gasteiger partial charge in [0.05, 0.1) is 28.8 Å². The Morgan fingerprint density at radius 3 is 2.65 bits per heavy atom. The third-order valence-electron chi connectivity index (χ3n) is 10.8. The van der Waals surface area contributed by atoms with Gasteiger partial charge in [-0.05, 0) is 67.0 Å². The van der Waals surface area contributed by atoms with Crippen molar-refractivity contribution in [3.63, 3.8) is 0 Å². The van der Waals surface area contributed by atoms with Crippen LogP contribution in [-0.2, 0) is 36.6 Å². The number of anilines is 1. The fourth-order valence-electron chi connectivity index (χ4n) is 8.33. The van der Waals surface area contributed by atoms with E-state index in [0.29, 0.717) is 39.7 Å². The zero-order valence-electron chi connectivity index (χ0n) is 27.3. The van der Waals surface area contributed by atoms with Crippen LogP contribution in [-0.4, -0.2) is 40.6 Å². The maximum atomic E-state index is 15.0. The van der Waals surface area contributed by atoms with Gasteiger partial charge in [-0.25, -0.2) is 28.4 Å². The first-order chi connectivity index (χ1) is 23.4. The van der Waals surface area contributed by atoms with E-state index in [0.717, 1.165) is 25.1 Å². The minimum atomic E-state index is -1.33. The number of imide groups is 1. The number of amides is 2. The Morgan fingerprint density at radius 1 is 1.12 bits per heavy atom. The lowest BCUT2D eigenvalue weighted by Gasteiger charge is -2.47. The number of aromatic hydroxyl groups is 1. The molecule has 13 heteroatoms. The minimum Gasteiger partial charge on any atom is -0.507 e. The largest absolute Gasteiger partial charge is 0.507 e. The number of hydrogen-bond donors (Lipinski definition) is 1. The van der Waals surface area contributed by atoms with Gasteiger partial charge in [0.25, 0.3) is 0 Å². The first-order valence-electron chi connectivity index (χ1n) is 16.0. The number of rotatable bonds is 5. The van der Waals surface area contributed by atoms with Crippen LogP contribution in [0.15, 0.2) is 76.4 Å². The molecule has 8 rings (SSSR count). The molecule has 5 heterocycles.